The Morgan fingerprint density at radius 3 is 2.46 bits per heavy atom. The quantitative estimate of drug-likeness (QED) is 0.298. The van der Waals surface area contributed by atoms with Crippen molar-refractivity contribution in [1.82, 2.24) is 24.5 Å². The van der Waals surface area contributed by atoms with E-state index in [0.717, 1.165) is 5.56 Å². The fourth-order valence-corrected chi connectivity index (χ4v) is 4.48. The minimum atomic E-state index is -0.321. The number of oxazole rings is 1. The number of aryl methyl sites for hydroxylation is 1. The average molecular weight is 503 g/mol. The number of rotatable bonds is 4. The summed E-state index contributed by atoms with van der Waals surface area (Å²) < 4.78 is 7.64. The predicted octanol–water partition coefficient (Wildman–Crippen LogP) is 6.18. The van der Waals surface area contributed by atoms with Crippen molar-refractivity contribution >= 4 is 56.8 Å². The van der Waals surface area contributed by atoms with E-state index in [0.29, 0.717) is 61.1 Å². The van der Waals surface area contributed by atoms with Crippen LogP contribution in [0.5, 0.6) is 0 Å². The van der Waals surface area contributed by atoms with Crippen molar-refractivity contribution < 1.29 is 4.42 Å². The second-order valence-corrected chi connectivity index (χ2v) is 8.67. The van der Waals surface area contributed by atoms with Crippen molar-refractivity contribution in [3.8, 4) is 23.0 Å². The van der Waals surface area contributed by atoms with Crippen LogP contribution in [0.15, 0.2) is 76.1 Å². The minimum Gasteiger partial charge on any atom is -0.433 e. The molecule has 0 aliphatic carbocycles. The standard InChI is InChI=1S/C25H16Cl2N6O2/c1-33-21-17(30-25(33)31-20-14(26)8-5-9-15(20)27)11-10-16-19(21)23(34)32-22(29-16)18-12-28-24(35-18)13-6-3-2-4-7-13/h2-12H,1H3,(H,30,31)(H,29,32,34). The lowest BCUT2D eigenvalue weighted by Crippen LogP contribution is -2.11. The van der Waals surface area contributed by atoms with Crippen LogP contribution in [0.4, 0.5) is 11.6 Å². The van der Waals surface area contributed by atoms with Crippen molar-refractivity contribution in [2.24, 2.45) is 7.05 Å². The molecule has 10 heteroatoms. The first-order valence-electron chi connectivity index (χ1n) is 10.6. The Labute approximate surface area is 208 Å². The van der Waals surface area contributed by atoms with Gasteiger partial charge in [0.15, 0.2) is 11.6 Å². The van der Waals surface area contributed by atoms with Crippen LogP contribution >= 0.6 is 23.2 Å². The first-order chi connectivity index (χ1) is 17.0. The number of aromatic nitrogens is 5. The molecule has 0 aliphatic heterocycles. The van der Waals surface area contributed by atoms with Crippen LogP contribution < -0.4 is 10.9 Å². The van der Waals surface area contributed by atoms with Gasteiger partial charge in [0.05, 0.1) is 43.9 Å². The van der Waals surface area contributed by atoms with Gasteiger partial charge in [-0.05, 0) is 36.4 Å². The predicted molar refractivity (Wildman–Crippen MR) is 137 cm³/mol. The van der Waals surface area contributed by atoms with Gasteiger partial charge in [-0.1, -0.05) is 47.5 Å². The molecule has 0 amide bonds. The largest absolute Gasteiger partial charge is 0.433 e. The van der Waals surface area contributed by atoms with E-state index < -0.39 is 0 Å². The molecule has 35 heavy (non-hydrogen) atoms. The van der Waals surface area contributed by atoms with Crippen LogP contribution in [0.1, 0.15) is 0 Å². The van der Waals surface area contributed by atoms with Crippen molar-refractivity contribution in [1.29, 1.82) is 0 Å². The van der Waals surface area contributed by atoms with Crippen molar-refractivity contribution in [2.75, 3.05) is 5.32 Å². The number of halogens is 2. The third kappa shape index (κ3) is 3.63. The normalized spacial score (nSPS) is 11.4. The summed E-state index contributed by atoms with van der Waals surface area (Å²) in [7, 11) is 1.80. The van der Waals surface area contributed by atoms with Crippen LogP contribution in [0.25, 0.3) is 45.0 Å². The van der Waals surface area contributed by atoms with E-state index in [4.69, 9.17) is 27.6 Å². The van der Waals surface area contributed by atoms with E-state index in [9.17, 15) is 4.79 Å². The third-order valence-corrected chi connectivity index (χ3v) is 6.29. The lowest BCUT2D eigenvalue weighted by atomic mass is 10.2. The number of para-hydroxylation sites is 1. The Balaban J connectivity index is 1.45. The second kappa shape index (κ2) is 8.26. The number of aromatic amines is 1. The molecule has 0 fully saturated rings. The summed E-state index contributed by atoms with van der Waals surface area (Å²) in [5.41, 5.74) is 2.79. The number of hydrogen-bond acceptors (Lipinski definition) is 6. The summed E-state index contributed by atoms with van der Waals surface area (Å²) >= 11 is 12.6. The smallest absolute Gasteiger partial charge is 0.261 e. The number of H-pyrrole nitrogens is 1. The maximum atomic E-state index is 13.2. The molecule has 172 valence electrons. The molecule has 0 spiro atoms. The molecule has 0 aliphatic rings. The van der Waals surface area contributed by atoms with Gasteiger partial charge in [0.25, 0.3) is 5.56 Å². The van der Waals surface area contributed by atoms with Gasteiger partial charge < -0.3 is 19.3 Å². The Morgan fingerprint density at radius 1 is 0.943 bits per heavy atom. The molecule has 0 saturated heterocycles. The van der Waals surface area contributed by atoms with Crippen LogP contribution in [-0.4, -0.2) is 24.5 Å². The number of imidazole rings is 1. The number of fused-ring (bicyclic) bond motifs is 3. The van der Waals surface area contributed by atoms with E-state index in [1.54, 1.807) is 42.1 Å². The maximum Gasteiger partial charge on any atom is 0.261 e. The van der Waals surface area contributed by atoms with Gasteiger partial charge in [-0.3, -0.25) is 4.79 Å². The zero-order chi connectivity index (χ0) is 24.1. The lowest BCUT2D eigenvalue weighted by Gasteiger charge is -2.10. The Bertz CT molecular complexity index is 1770. The molecule has 2 N–H and O–H groups in total. The molecule has 0 saturated carbocycles. The van der Waals surface area contributed by atoms with Gasteiger partial charge in [-0.25, -0.2) is 15.0 Å². The van der Waals surface area contributed by atoms with E-state index in [1.807, 2.05) is 36.4 Å². The van der Waals surface area contributed by atoms with E-state index in [2.05, 4.69) is 25.3 Å². The number of anilines is 2. The van der Waals surface area contributed by atoms with Gasteiger partial charge in [0, 0.05) is 12.6 Å². The van der Waals surface area contributed by atoms with Crippen molar-refractivity contribution in [2.45, 2.75) is 0 Å². The van der Waals surface area contributed by atoms with Crippen LogP contribution in [-0.2, 0) is 7.05 Å². The topological polar surface area (TPSA) is 102 Å². The molecule has 0 bridgehead atoms. The van der Waals surface area contributed by atoms with E-state index in [1.165, 1.54) is 0 Å². The molecular formula is C25H16Cl2N6O2. The summed E-state index contributed by atoms with van der Waals surface area (Å²) in [6.45, 7) is 0. The van der Waals surface area contributed by atoms with E-state index in [-0.39, 0.29) is 5.56 Å². The van der Waals surface area contributed by atoms with Gasteiger partial charge in [0.2, 0.25) is 11.8 Å². The lowest BCUT2D eigenvalue weighted by molar-refractivity contribution is 0.584. The molecule has 0 radical (unpaired) electrons. The number of hydrogen-bond donors (Lipinski definition) is 2. The Hall–Kier alpha value is -4.14. The number of nitrogens with one attached hydrogen (secondary N) is 2. The molecule has 8 nitrogen and oxygen atoms in total. The first-order valence-corrected chi connectivity index (χ1v) is 11.4. The molecule has 3 heterocycles. The minimum absolute atomic E-state index is 0.292. The van der Waals surface area contributed by atoms with Crippen molar-refractivity contribution in [3.05, 3.63) is 87.3 Å². The average Bonchev–Trinajstić information content (AvgIpc) is 3.47. The van der Waals surface area contributed by atoms with Gasteiger partial charge in [-0.2, -0.15) is 0 Å². The van der Waals surface area contributed by atoms with Crippen LogP contribution in [0, 0.1) is 0 Å². The monoisotopic (exact) mass is 502 g/mol. The highest BCUT2D eigenvalue weighted by Crippen LogP contribution is 2.34. The van der Waals surface area contributed by atoms with Gasteiger partial charge >= 0.3 is 0 Å². The van der Waals surface area contributed by atoms with Gasteiger partial charge in [-0.15, -0.1) is 0 Å². The van der Waals surface area contributed by atoms with Gasteiger partial charge in [0.1, 0.15) is 0 Å². The highest BCUT2D eigenvalue weighted by atomic mass is 35.5. The third-order valence-electron chi connectivity index (χ3n) is 5.66. The zero-order valence-electron chi connectivity index (χ0n) is 18.2. The highest BCUT2D eigenvalue weighted by molar-refractivity contribution is 6.39. The summed E-state index contributed by atoms with van der Waals surface area (Å²) in [5, 5.41) is 4.49. The fraction of sp³-hybridized carbons (Fsp3) is 0.0400. The Morgan fingerprint density at radius 2 is 1.69 bits per heavy atom. The Kier molecular flexibility index (Phi) is 5.05. The molecular weight excluding hydrogens is 487 g/mol. The molecule has 0 atom stereocenters. The highest BCUT2D eigenvalue weighted by Gasteiger charge is 2.18. The molecule has 6 rings (SSSR count). The summed E-state index contributed by atoms with van der Waals surface area (Å²) in [6.07, 6.45) is 1.55. The zero-order valence-corrected chi connectivity index (χ0v) is 19.7. The maximum absolute atomic E-state index is 13.2. The molecule has 6 aromatic rings. The number of benzene rings is 3. The number of nitrogens with zero attached hydrogens (tertiary/aromatic N) is 4. The summed E-state index contributed by atoms with van der Waals surface area (Å²) in [5.74, 6) is 1.58. The fourth-order valence-electron chi connectivity index (χ4n) is 3.99. The van der Waals surface area contributed by atoms with Crippen molar-refractivity contribution in [3.63, 3.8) is 0 Å². The molecule has 0 unspecified atom stereocenters. The summed E-state index contributed by atoms with van der Waals surface area (Å²) in [4.78, 5) is 29.6. The summed E-state index contributed by atoms with van der Waals surface area (Å²) in [6, 6.07) is 18.3. The SMILES string of the molecule is Cn1c(Nc2c(Cl)cccc2Cl)nc2ccc3nc(-c4cnc(-c5ccccc5)o4)[nH]c(=O)c3c21. The molecule has 3 aromatic heterocycles. The second-order valence-electron chi connectivity index (χ2n) is 7.85. The van der Waals surface area contributed by atoms with Crippen LogP contribution in [0.2, 0.25) is 10.0 Å². The van der Waals surface area contributed by atoms with Crippen LogP contribution in [0.3, 0.4) is 0 Å². The van der Waals surface area contributed by atoms with E-state index >= 15 is 0 Å². The molecule has 3 aromatic carbocycles. The first kappa shape index (κ1) is 21.4.